The topological polar surface area (TPSA) is 51.0 Å². The first-order valence-corrected chi connectivity index (χ1v) is 9.34. The van der Waals surface area contributed by atoms with Crippen LogP contribution >= 0.6 is 0 Å². The lowest BCUT2D eigenvalue weighted by atomic mass is 9.94. The van der Waals surface area contributed by atoms with Crippen LogP contribution in [-0.2, 0) is 25.7 Å². The summed E-state index contributed by atoms with van der Waals surface area (Å²) >= 11 is 0. The molecule has 0 saturated heterocycles. The Hall–Kier alpha value is -3.16. The van der Waals surface area contributed by atoms with Crippen LogP contribution in [0.15, 0.2) is 48.7 Å². The first kappa shape index (κ1) is 19.2. The van der Waals surface area contributed by atoms with Crippen LogP contribution in [0.2, 0.25) is 0 Å². The van der Waals surface area contributed by atoms with Crippen LogP contribution in [0.25, 0.3) is 11.1 Å². The van der Waals surface area contributed by atoms with Gasteiger partial charge in [0.25, 0.3) is 5.91 Å². The third kappa shape index (κ3) is 3.87. The van der Waals surface area contributed by atoms with Crippen LogP contribution in [0.4, 0.5) is 13.2 Å². The Labute approximate surface area is 165 Å². The number of nitrogens with zero attached hydrogens (tertiary/aromatic N) is 4. The number of fused-ring (bicyclic) bond motifs is 1. The van der Waals surface area contributed by atoms with Gasteiger partial charge in [-0.15, -0.1) is 5.10 Å². The monoisotopic (exact) mass is 400 g/mol. The van der Waals surface area contributed by atoms with Crippen LogP contribution in [0.1, 0.15) is 34.1 Å². The van der Waals surface area contributed by atoms with Gasteiger partial charge < -0.3 is 4.90 Å². The summed E-state index contributed by atoms with van der Waals surface area (Å²) < 4.78 is 39.9. The van der Waals surface area contributed by atoms with Gasteiger partial charge in [-0.05, 0) is 53.8 Å². The molecule has 150 valence electrons. The molecule has 0 radical (unpaired) electrons. The summed E-state index contributed by atoms with van der Waals surface area (Å²) in [7, 11) is 0. The zero-order chi connectivity index (χ0) is 20.6. The predicted molar refractivity (Wildman–Crippen MR) is 101 cm³/mol. The number of rotatable bonds is 3. The number of hydrogen-bond acceptors (Lipinski definition) is 3. The van der Waals surface area contributed by atoms with E-state index >= 15 is 0 Å². The second kappa shape index (κ2) is 7.35. The lowest BCUT2D eigenvalue weighted by Crippen LogP contribution is -2.36. The second-order valence-corrected chi connectivity index (χ2v) is 6.99. The van der Waals surface area contributed by atoms with Crippen molar-refractivity contribution in [3.8, 4) is 11.1 Å². The molecule has 0 fully saturated rings. The zero-order valence-electron chi connectivity index (χ0n) is 15.8. The van der Waals surface area contributed by atoms with E-state index in [-0.39, 0.29) is 5.91 Å². The minimum absolute atomic E-state index is 0.171. The van der Waals surface area contributed by atoms with Gasteiger partial charge in [-0.3, -0.25) is 9.48 Å². The molecular formula is C21H19F3N4O. The molecule has 8 heteroatoms. The van der Waals surface area contributed by atoms with E-state index in [2.05, 4.69) is 10.3 Å². The number of carbonyl (C=O) groups is 1. The third-order valence-corrected chi connectivity index (χ3v) is 5.13. The van der Waals surface area contributed by atoms with Gasteiger partial charge in [0.1, 0.15) is 0 Å². The Morgan fingerprint density at radius 2 is 1.79 bits per heavy atom. The van der Waals surface area contributed by atoms with Gasteiger partial charge in [-0.25, -0.2) is 0 Å². The highest BCUT2D eigenvalue weighted by Crippen LogP contribution is 2.32. The molecule has 5 nitrogen and oxygen atoms in total. The van der Waals surface area contributed by atoms with Crippen molar-refractivity contribution in [1.29, 1.82) is 0 Å². The van der Waals surface area contributed by atoms with Gasteiger partial charge in [0.2, 0.25) is 0 Å². The highest BCUT2D eigenvalue weighted by Gasteiger charge is 2.30. The summed E-state index contributed by atoms with van der Waals surface area (Å²) in [5.74, 6) is -0.171. The number of hydrogen-bond donors (Lipinski definition) is 0. The number of halogens is 3. The smallest absolute Gasteiger partial charge is 0.333 e. The van der Waals surface area contributed by atoms with Crippen molar-refractivity contribution < 1.29 is 18.0 Å². The van der Waals surface area contributed by atoms with Crippen molar-refractivity contribution in [1.82, 2.24) is 19.9 Å². The second-order valence-electron chi connectivity index (χ2n) is 6.99. The minimum atomic E-state index is -4.35. The summed E-state index contributed by atoms with van der Waals surface area (Å²) in [5.41, 5.74) is 3.30. The number of amides is 1. The van der Waals surface area contributed by atoms with Crippen molar-refractivity contribution in [3.63, 3.8) is 0 Å². The summed E-state index contributed by atoms with van der Waals surface area (Å²) in [5, 5.41) is 7.85. The summed E-state index contributed by atoms with van der Waals surface area (Å²) in [4.78, 5) is 14.5. The molecule has 2 heterocycles. The minimum Gasteiger partial charge on any atom is -0.333 e. The van der Waals surface area contributed by atoms with Crippen molar-refractivity contribution >= 4 is 5.91 Å². The van der Waals surface area contributed by atoms with Crippen LogP contribution in [0.5, 0.6) is 0 Å². The molecule has 0 N–H and O–H groups in total. The maximum absolute atomic E-state index is 12.8. The summed E-state index contributed by atoms with van der Waals surface area (Å²) in [6.45, 7) is 3.58. The third-order valence-electron chi connectivity index (χ3n) is 5.13. The van der Waals surface area contributed by atoms with E-state index in [0.29, 0.717) is 30.9 Å². The van der Waals surface area contributed by atoms with Crippen molar-refractivity contribution in [2.45, 2.75) is 32.6 Å². The van der Waals surface area contributed by atoms with E-state index in [1.165, 1.54) is 12.1 Å². The van der Waals surface area contributed by atoms with Crippen LogP contribution in [-0.4, -0.2) is 32.3 Å². The van der Waals surface area contributed by atoms with Gasteiger partial charge in [0, 0.05) is 19.6 Å². The first-order chi connectivity index (χ1) is 13.8. The molecule has 0 spiro atoms. The molecule has 4 rings (SSSR count). The Balaban J connectivity index is 1.56. The average Bonchev–Trinajstić information content (AvgIpc) is 3.21. The Kier molecular flexibility index (Phi) is 4.86. The van der Waals surface area contributed by atoms with Gasteiger partial charge in [0.15, 0.2) is 5.69 Å². The first-order valence-electron chi connectivity index (χ1n) is 9.34. The van der Waals surface area contributed by atoms with Gasteiger partial charge in [0.05, 0.1) is 11.8 Å². The molecule has 1 amide bonds. The van der Waals surface area contributed by atoms with Crippen LogP contribution < -0.4 is 0 Å². The molecular weight excluding hydrogens is 381 g/mol. The van der Waals surface area contributed by atoms with E-state index in [1.54, 1.807) is 15.8 Å². The summed E-state index contributed by atoms with van der Waals surface area (Å²) in [6, 6.07) is 10.9. The lowest BCUT2D eigenvalue weighted by Gasteiger charge is -2.28. The molecule has 2 aromatic carbocycles. The largest absolute Gasteiger partial charge is 0.416 e. The van der Waals surface area contributed by atoms with Crippen molar-refractivity contribution in [2.75, 3.05) is 6.54 Å². The van der Waals surface area contributed by atoms with Crippen molar-refractivity contribution in [2.24, 2.45) is 0 Å². The molecule has 0 saturated carbocycles. The fraction of sp³-hybridized carbons (Fsp3) is 0.286. The van der Waals surface area contributed by atoms with Crippen LogP contribution in [0, 0.1) is 0 Å². The average molecular weight is 400 g/mol. The molecule has 1 aromatic heterocycles. The van der Waals surface area contributed by atoms with E-state index < -0.39 is 11.7 Å². The highest BCUT2D eigenvalue weighted by molar-refractivity contribution is 5.92. The van der Waals surface area contributed by atoms with E-state index in [9.17, 15) is 18.0 Å². The number of aromatic nitrogens is 3. The molecule has 29 heavy (non-hydrogen) atoms. The molecule has 0 unspecified atom stereocenters. The van der Waals surface area contributed by atoms with Gasteiger partial charge in [-0.2, -0.15) is 13.2 Å². The maximum atomic E-state index is 12.8. The predicted octanol–water partition coefficient (Wildman–Crippen LogP) is 4.18. The number of alkyl halides is 3. The normalized spacial score (nSPS) is 14.0. The quantitative estimate of drug-likeness (QED) is 0.663. The van der Waals surface area contributed by atoms with E-state index in [0.717, 1.165) is 35.2 Å². The number of aryl methyl sites for hydroxylation is 1. The van der Waals surface area contributed by atoms with Crippen LogP contribution in [0.3, 0.4) is 0 Å². The Morgan fingerprint density at radius 3 is 2.45 bits per heavy atom. The SMILES string of the molecule is CCn1cc(C(=O)N2CCc3ccc(-c4ccc(C(F)(F)F)cc4)cc3C2)nn1. The number of carbonyl (C=O) groups excluding carboxylic acids is 1. The molecule has 0 atom stereocenters. The standard InChI is InChI=1S/C21H19F3N4O/c1-2-28-13-19(25-26-28)20(29)27-10-9-15-3-4-16(11-17(15)12-27)14-5-7-18(8-6-14)21(22,23)24/h3-8,11,13H,2,9-10,12H2,1H3. The maximum Gasteiger partial charge on any atom is 0.416 e. The Morgan fingerprint density at radius 1 is 1.07 bits per heavy atom. The van der Waals surface area contributed by atoms with Gasteiger partial charge >= 0.3 is 6.18 Å². The molecule has 0 bridgehead atoms. The summed E-state index contributed by atoms with van der Waals surface area (Å²) in [6.07, 6.45) is -2.00. The number of benzene rings is 2. The molecule has 1 aliphatic rings. The molecule has 1 aliphatic heterocycles. The molecule has 3 aromatic rings. The van der Waals surface area contributed by atoms with E-state index in [4.69, 9.17) is 0 Å². The molecule has 0 aliphatic carbocycles. The Bertz CT molecular complexity index is 1040. The van der Waals surface area contributed by atoms with E-state index in [1.807, 2.05) is 25.1 Å². The highest BCUT2D eigenvalue weighted by atomic mass is 19.4. The fourth-order valence-corrected chi connectivity index (χ4v) is 3.47. The van der Waals surface area contributed by atoms with Crippen molar-refractivity contribution in [3.05, 3.63) is 71.0 Å². The van der Waals surface area contributed by atoms with Gasteiger partial charge in [-0.1, -0.05) is 29.5 Å². The zero-order valence-corrected chi connectivity index (χ0v) is 15.8. The lowest BCUT2D eigenvalue weighted by molar-refractivity contribution is -0.137. The fourth-order valence-electron chi connectivity index (χ4n) is 3.47.